The Morgan fingerprint density at radius 3 is 1.66 bits per heavy atom. The number of hydrogen-bond acceptors (Lipinski definition) is 1. The second-order valence-corrected chi connectivity index (χ2v) is 15.2. The zero-order valence-electron chi connectivity index (χ0n) is 31.5. The van der Waals surface area contributed by atoms with Crippen LogP contribution < -0.4 is 0 Å². The molecule has 58 heavy (non-hydrogen) atoms. The minimum atomic E-state index is 0.946. The van der Waals surface area contributed by atoms with Crippen LogP contribution in [0.2, 0.25) is 0 Å². The summed E-state index contributed by atoms with van der Waals surface area (Å²) in [5.41, 5.74) is 13.4. The Labute approximate surface area is 335 Å². The highest BCUT2D eigenvalue weighted by molar-refractivity contribution is 6.19. The number of rotatable bonds is 5. The van der Waals surface area contributed by atoms with Crippen molar-refractivity contribution in [1.29, 1.82) is 0 Å². The van der Waals surface area contributed by atoms with Crippen LogP contribution in [-0.4, -0.2) is 14.1 Å². The predicted octanol–water partition coefficient (Wildman–Crippen LogP) is 14.6. The summed E-state index contributed by atoms with van der Waals surface area (Å²) in [5, 5.41) is 9.77. The molecule has 0 N–H and O–H groups in total. The van der Waals surface area contributed by atoms with Crippen LogP contribution >= 0.6 is 0 Å². The Hall–Kier alpha value is -7.75. The van der Waals surface area contributed by atoms with Crippen LogP contribution in [0.15, 0.2) is 212 Å². The van der Waals surface area contributed by atoms with Gasteiger partial charge in [0, 0.05) is 43.9 Å². The van der Waals surface area contributed by atoms with Crippen molar-refractivity contribution in [1.82, 2.24) is 14.1 Å². The van der Waals surface area contributed by atoms with Gasteiger partial charge in [-0.3, -0.25) is 0 Å². The lowest BCUT2D eigenvalue weighted by atomic mass is 9.96. The van der Waals surface area contributed by atoms with Gasteiger partial charge in [0.1, 0.15) is 0 Å². The SMILES string of the molecule is c1ccc(-c2cc(-c3ccccc3-n3c4ccccc4c4cc5c(cc43)c3ccccc3n5-c3ccc4ccccc4c3)cc(-c3cccc4ccccc34)n2)cc1. The Morgan fingerprint density at radius 1 is 0.293 bits per heavy atom. The minimum Gasteiger partial charge on any atom is -0.309 e. The van der Waals surface area contributed by atoms with Crippen LogP contribution in [0.25, 0.3) is 110 Å². The predicted molar refractivity (Wildman–Crippen MR) is 244 cm³/mol. The molecule has 0 radical (unpaired) electrons. The molecule has 0 amide bonds. The molecule has 0 aliphatic carbocycles. The van der Waals surface area contributed by atoms with E-state index in [-0.39, 0.29) is 0 Å². The van der Waals surface area contributed by atoms with Crippen LogP contribution in [0.5, 0.6) is 0 Å². The number of aromatic nitrogens is 3. The zero-order chi connectivity index (χ0) is 38.2. The molecular weight excluding hydrogens is 703 g/mol. The van der Waals surface area contributed by atoms with Crippen molar-refractivity contribution in [3.05, 3.63) is 212 Å². The average Bonchev–Trinajstić information content (AvgIpc) is 3.80. The lowest BCUT2D eigenvalue weighted by Gasteiger charge is -2.16. The molecule has 0 bridgehead atoms. The van der Waals surface area contributed by atoms with Gasteiger partial charge in [0.2, 0.25) is 0 Å². The maximum atomic E-state index is 5.34. The highest BCUT2D eigenvalue weighted by Crippen LogP contribution is 2.42. The van der Waals surface area contributed by atoms with E-state index in [0.717, 1.165) is 45.0 Å². The molecule has 3 heterocycles. The van der Waals surface area contributed by atoms with Crippen LogP contribution in [0, 0.1) is 0 Å². The first-order valence-corrected chi connectivity index (χ1v) is 19.9. The van der Waals surface area contributed by atoms with E-state index in [2.05, 4.69) is 221 Å². The van der Waals surface area contributed by atoms with Gasteiger partial charge >= 0.3 is 0 Å². The normalized spacial score (nSPS) is 11.8. The van der Waals surface area contributed by atoms with E-state index in [1.807, 2.05) is 0 Å². The van der Waals surface area contributed by atoms with E-state index in [9.17, 15) is 0 Å². The third-order valence-electron chi connectivity index (χ3n) is 11.9. The number of benzene rings is 9. The standard InChI is InChI=1S/C55H35N3/c1-2-17-38(18-3-1)49-32-40(33-50(56-49)44-25-14-20-37-16-6-7-21-42(37)44)43-22-8-11-26-51(43)58-53-28-13-10-24-46(53)48-34-54-47(35-55(48)58)45-23-9-12-27-52(45)57(54)41-30-29-36-15-4-5-19-39(36)31-41/h1-35H. The lowest BCUT2D eigenvalue weighted by molar-refractivity contribution is 1.18. The molecule has 12 rings (SSSR count). The van der Waals surface area contributed by atoms with Gasteiger partial charge in [0.15, 0.2) is 0 Å². The number of para-hydroxylation sites is 3. The van der Waals surface area contributed by atoms with E-state index in [0.29, 0.717) is 0 Å². The quantitative estimate of drug-likeness (QED) is 0.172. The first-order chi connectivity index (χ1) is 28.8. The van der Waals surface area contributed by atoms with Crippen molar-refractivity contribution in [3.63, 3.8) is 0 Å². The fourth-order valence-electron chi connectivity index (χ4n) is 9.23. The maximum absolute atomic E-state index is 5.34. The monoisotopic (exact) mass is 737 g/mol. The maximum Gasteiger partial charge on any atom is 0.0721 e. The van der Waals surface area contributed by atoms with Gasteiger partial charge in [0.05, 0.1) is 39.1 Å². The summed E-state index contributed by atoms with van der Waals surface area (Å²) >= 11 is 0. The fraction of sp³-hybridized carbons (Fsp3) is 0. The van der Waals surface area contributed by atoms with Gasteiger partial charge in [-0.05, 0) is 81.7 Å². The number of nitrogens with zero attached hydrogens (tertiary/aromatic N) is 3. The van der Waals surface area contributed by atoms with Crippen molar-refractivity contribution in [3.8, 4) is 45.0 Å². The summed E-state index contributed by atoms with van der Waals surface area (Å²) in [6.45, 7) is 0. The van der Waals surface area contributed by atoms with Gasteiger partial charge in [-0.1, -0.05) is 158 Å². The van der Waals surface area contributed by atoms with Gasteiger partial charge in [-0.2, -0.15) is 0 Å². The summed E-state index contributed by atoms with van der Waals surface area (Å²) in [6.07, 6.45) is 0. The highest BCUT2D eigenvalue weighted by atomic mass is 15.0. The smallest absolute Gasteiger partial charge is 0.0721 e. The van der Waals surface area contributed by atoms with E-state index in [1.165, 1.54) is 65.2 Å². The summed E-state index contributed by atoms with van der Waals surface area (Å²) in [5.74, 6) is 0. The third kappa shape index (κ3) is 5.04. The second kappa shape index (κ2) is 12.9. The van der Waals surface area contributed by atoms with Crippen LogP contribution in [0.1, 0.15) is 0 Å². The molecule has 0 saturated heterocycles. The van der Waals surface area contributed by atoms with Crippen molar-refractivity contribution in [2.75, 3.05) is 0 Å². The Kier molecular flexibility index (Phi) is 7.23. The molecule has 0 aliphatic rings. The van der Waals surface area contributed by atoms with Crippen molar-refractivity contribution >= 4 is 65.2 Å². The largest absolute Gasteiger partial charge is 0.309 e. The van der Waals surface area contributed by atoms with Gasteiger partial charge in [0.25, 0.3) is 0 Å². The first kappa shape index (κ1) is 32.5. The molecule has 0 atom stereocenters. The Morgan fingerprint density at radius 2 is 0.862 bits per heavy atom. The van der Waals surface area contributed by atoms with E-state index in [4.69, 9.17) is 4.98 Å². The average molecular weight is 738 g/mol. The third-order valence-corrected chi connectivity index (χ3v) is 11.9. The molecule has 0 aliphatic heterocycles. The summed E-state index contributed by atoms with van der Waals surface area (Å²) < 4.78 is 4.91. The summed E-state index contributed by atoms with van der Waals surface area (Å²) in [4.78, 5) is 5.34. The molecule has 0 unspecified atom stereocenters. The molecule has 12 aromatic rings. The van der Waals surface area contributed by atoms with Gasteiger partial charge < -0.3 is 9.13 Å². The lowest BCUT2D eigenvalue weighted by Crippen LogP contribution is -1.98. The summed E-state index contributed by atoms with van der Waals surface area (Å²) in [6, 6.07) is 76.9. The molecule has 0 fully saturated rings. The van der Waals surface area contributed by atoms with Crippen LogP contribution in [0.3, 0.4) is 0 Å². The van der Waals surface area contributed by atoms with Crippen molar-refractivity contribution < 1.29 is 0 Å². The molecule has 0 spiro atoms. The molecule has 0 saturated carbocycles. The Bertz CT molecular complexity index is 3570. The van der Waals surface area contributed by atoms with Crippen LogP contribution in [-0.2, 0) is 0 Å². The molecule has 9 aromatic carbocycles. The minimum absolute atomic E-state index is 0.946. The summed E-state index contributed by atoms with van der Waals surface area (Å²) in [7, 11) is 0. The molecule has 3 heteroatoms. The number of fused-ring (bicyclic) bond motifs is 8. The number of pyridine rings is 1. The number of hydrogen-bond donors (Lipinski definition) is 0. The van der Waals surface area contributed by atoms with Crippen molar-refractivity contribution in [2.45, 2.75) is 0 Å². The van der Waals surface area contributed by atoms with E-state index in [1.54, 1.807) is 0 Å². The molecule has 3 aromatic heterocycles. The van der Waals surface area contributed by atoms with Crippen LogP contribution in [0.4, 0.5) is 0 Å². The van der Waals surface area contributed by atoms with E-state index >= 15 is 0 Å². The first-order valence-electron chi connectivity index (χ1n) is 19.9. The molecule has 270 valence electrons. The molecular formula is C55H35N3. The van der Waals surface area contributed by atoms with Crippen molar-refractivity contribution in [2.24, 2.45) is 0 Å². The van der Waals surface area contributed by atoms with Gasteiger partial charge in [-0.25, -0.2) is 4.98 Å². The molecule has 3 nitrogen and oxygen atoms in total. The van der Waals surface area contributed by atoms with Gasteiger partial charge in [-0.15, -0.1) is 0 Å². The fourth-order valence-corrected chi connectivity index (χ4v) is 9.23. The zero-order valence-corrected chi connectivity index (χ0v) is 31.5. The topological polar surface area (TPSA) is 22.8 Å². The highest BCUT2D eigenvalue weighted by Gasteiger charge is 2.21. The second-order valence-electron chi connectivity index (χ2n) is 15.2. The van der Waals surface area contributed by atoms with E-state index < -0.39 is 0 Å². The Balaban J connectivity index is 1.13.